The number of rotatable bonds is 8. The third-order valence-electron chi connectivity index (χ3n) is 3.05. The molecule has 0 saturated carbocycles. The summed E-state index contributed by atoms with van der Waals surface area (Å²) in [7, 11) is 0. The largest absolute Gasteiger partial charge is 0.308 e. The number of likely N-dealkylation sites (N-methyl/N-ethyl adjacent to an activating group) is 1. The standard InChI is InChI=1S/C14H26N2S/c1-5-10-16(6-2)11-9-15-13(4)14-8-7-12(3)17-14/h7-8,13,15H,5-6,9-11H2,1-4H3. The molecule has 98 valence electrons. The van der Waals surface area contributed by atoms with E-state index in [2.05, 4.69) is 50.0 Å². The highest BCUT2D eigenvalue weighted by Crippen LogP contribution is 2.21. The lowest BCUT2D eigenvalue weighted by Gasteiger charge is -2.21. The van der Waals surface area contributed by atoms with Gasteiger partial charge in [-0.15, -0.1) is 11.3 Å². The molecule has 0 aliphatic rings. The van der Waals surface area contributed by atoms with Gasteiger partial charge in [0.05, 0.1) is 0 Å². The Hall–Kier alpha value is -0.380. The van der Waals surface area contributed by atoms with Crippen LogP contribution < -0.4 is 5.32 Å². The van der Waals surface area contributed by atoms with Gasteiger partial charge in [0.1, 0.15) is 0 Å². The first kappa shape index (κ1) is 14.7. The molecule has 0 fully saturated rings. The van der Waals surface area contributed by atoms with E-state index in [0.717, 1.165) is 19.6 Å². The van der Waals surface area contributed by atoms with Crippen molar-refractivity contribution in [3.63, 3.8) is 0 Å². The monoisotopic (exact) mass is 254 g/mol. The predicted molar refractivity (Wildman–Crippen MR) is 77.9 cm³/mol. The Bertz CT molecular complexity index is 309. The first-order valence-electron chi connectivity index (χ1n) is 6.69. The Labute approximate surface area is 110 Å². The molecule has 3 heteroatoms. The molecule has 2 nitrogen and oxygen atoms in total. The Balaban J connectivity index is 2.26. The predicted octanol–water partition coefficient (Wildman–Crippen LogP) is 3.44. The maximum atomic E-state index is 3.60. The van der Waals surface area contributed by atoms with E-state index in [1.165, 1.54) is 22.7 Å². The Morgan fingerprint density at radius 2 is 2.06 bits per heavy atom. The molecule has 0 aliphatic heterocycles. The highest BCUT2D eigenvalue weighted by Gasteiger charge is 2.07. The fourth-order valence-corrected chi connectivity index (χ4v) is 2.87. The zero-order valence-electron chi connectivity index (χ0n) is 11.6. The molecule has 1 N–H and O–H groups in total. The fraction of sp³-hybridized carbons (Fsp3) is 0.714. The second kappa shape index (κ2) is 7.85. The topological polar surface area (TPSA) is 15.3 Å². The quantitative estimate of drug-likeness (QED) is 0.764. The maximum Gasteiger partial charge on any atom is 0.0386 e. The van der Waals surface area contributed by atoms with Gasteiger partial charge in [0, 0.05) is 28.9 Å². The SMILES string of the molecule is CCCN(CC)CCNC(C)c1ccc(C)s1. The first-order chi connectivity index (χ1) is 8.17. The lowest BCUT2D eigenvalue weighted by atomic mass is 10.2. The van der Waals surface area contributed by atoms with E-state index in [9.17, 15) is 0 Å². The molecule has 0 radical (unpaired) electrons. The average Bonchev–Trinajstić information content (AvgIpc) is 2.74. The van der Waals surface area contributed by atoms with Gasteiger partial charge in [0.2, 0.25) is 0 Å². The van der Waals surface area contributed by atoms with Gasteiger partial charge in [-0.2, -0.15) is 0 Å². The second-order valence-electron chi connectivity index (χ2n) is 4.56. The van der Waals surface area contributed by atoms with Crippen molar-refractivity contribution in [3.8, 4) is 0 Å². The number of nitrogens with one attached hydrogen (secondary N) is 1. The van der Waals surface area contributed by atoms with Crippen LogP contribution in [0.3, 0.4) is 0 Å². The van der Waals surface area contributed by atoms with E-state index in [-0.39, 0.29) is 0 Å². The van der Waals surface area contributed by atoms with Gasteiger partial charge < -0.3 is 10.2 Å². The van der Waals surface area contributed by atoms with E-state index in [4.69, 9.17) is 0 Å². The van der Waals surface area contributed by atoms with Gasteiger partial charge in [-0.3, -0.25) is 0 Å². The van der Waals surface area contributed by atoms with Gasteiger partial charge in [0.25, 0.3) is 0 Å². The Morgan fingerprint density at radius 3 is 2.59 bits per heavy atom. The van der Waals surface area contributed by atoms with Crippen molar-refractivity contribution in [2.75, 3.05) is 26.2 Å². The molecule has 0 saturated heterocycles. The van der Waals surface area contributed by atoms with Crippen molar-refractivity contribution in [3.05, 3.63) is 21.9 Å². The molecule has 1 unspecified atom stereocenters. The average molecular weight is 254 g/mol. The van der Waals surface area contributed by atoms with Crippen LogP contribution in [0.2, 0.25) is 0 Å². The van der Waals surface area contributed by atoms with Crippen molar-refractivity contribution < 1.29 is 0 Å². The summed E-state index contributed by atoms with van der Waals surface area (Å²) in [5.74, 6) is 0. The summed E-state index contributed by atoms with van der Waals surface area (Å²) in [5.41, 5.74) is 0. The van der Waals surface area contributed by atoms with Crippen LogP contribution in [0, 0.1) is 6.92 Å². The Kier molecular flexibility index (Phi) is 6.78. The van der Waals surface area contributed by atoms with Crippen molar-refractivity contribution in [2.24, 2.45) is 0 Å². The molecule has 0 bridgehead atoms. The van der Waals surface area contributed by atoms with Crippen molar-refractivity contribution >= 4 is 11.3 Å². The van der Waals surface area contributed by atoms with Crippen molar-refractivity contribution in [1.82, 2.24) is 10.2 Å². The molecule has 1 aromatic rings. The van der Waals surface area contributed by atoms with E-state index in [1.807, 2.05) is 11.3 Å². The van der Waals surface area contributed by atoms with Gasteiger partial charge in [0.15, 0.2) is 0 Å². The molecular formula is C14H26N2S. The van der Waals surface area contributed by atoms with Crippen LogP contribution in [0.25, 0.3) is 0 Å². The minimum absolute atomic E-state index is 0.481. The number of hydrogen-bond donors (Lipinski definition) is 1. The fourth-order valence-electron chi connectivity index (χ4n) is 1.97. The van der Waals surface area contributed by atoms with Crippen LogP contribution in [0.5, 0.6) is 0 Å². The zero-order valence-corrected chi connectivity index (χ0v) is 12.4. The molecule has 0 spiro atoms. The highest BCUT2D eigenvalue weighted by molar-refractivity contribution is 7.12. The van der Waals surface area contributed by atoms with E-state index in [0.29, 0.717) is 6.04 Å². The van der Waals surface area contributed by atoms with Crippen LogP contribution in [0.15, 0.2) is 12.1 Å². The first-order valence-corrected chi connectivity index (χ1v) is 7.51. The summed E-state index contributed by atoms with van der Waals surface area (Å²) in [6, 6.07) is 4.92. The minimum atomic E-state index is 0.481. The zero-order chi connectivity index (χ0) is 12.7. The van der Waals surface area contributed by atoms with Gasteiger partial charge in [-0.25, -0.2) is 0 Å². The molecule has 1 heterocycles. The molecule has 1 atom stereocenters. The summed E-state index contributed by atoms with van der Waals surface area (Å²) in [6.45, 7) is 13.5. The van der Waals surface area contributed by atoms with Crippen LogP contribution >= 0.6 is 11.3 Å². The van der Waals surface area contributed by atoms with E-state index in [1.54, 1.807) is 0 Å². The number of hydrogen-bond acceptors (Lipinski definition) is 3. The lowest BCUT2D eigenvalue weighted by Crippen LogP contribution is -2.33. The number of thiophene rings is 1. The van der Waals surface area contributed by atoms with Gasteiger partial charge in [-0.1, -0.05) is 13.8 Å². The maximum absolute atomic E-state index is 3.60. The van der Waals surface area contributed by atoms with Crippen LogP contribution in [0.4, 0.5) is 0 Å². The summed E-state index contributed by atoms with van der Waals surface area (Å²) >= 11 is 1.89. The van der Waals surface area contributed by atoms with Crippen LogP contribution in [0.1, 0.15) is 43.0 Å². The number of aryl methyl sites for hydroxylation is 1. The minimum Gasteiger partial charge on any atom is -0.308 e. The van der Waals surface area contributed by atoms with Gasteiger partial charge in [-0.05, 0) is 45.5 Å². The van der Waals surface area contributed by atoms with E-state index < -0.39 is 0 Å². The molecule has 1 rings (SSSR count). The summed E-state index contributed by atoms with van der Waals surface area (Å²) in [6.07, 6.45) is 1.24. The third kappa shape index (κ3) is 5.19. The summed E-state index contributed by atoms with van der Waals surface area (Å²) in [5, 5.41) is 3.60. The van der Waals surface area contributed by atoms with Crippen LogP contribution in [-0.2, 0) is 0 Å². The van der Waals surface area contributed by atoms with E-state index >= 15 is 0 Å². The molecule has 0 amide bonds. The Morgan fingerprint density at radius 1 is 1.29 bits per heavy atom. The summed E-state index contributed by atoms with van der Waals surface area (Å²) < 4.78 is 0. The third-order valence-corrected chi connectivity index (χ3v) is 4.24. The van der Waals surface area contributed by atoms with Gasteiger partial charge >= 0.3 is 0 Å². The highest BCUT2D eigenvalue weighted by atomic mass is 32.1. The molecule has 1 aromatic heterocycles. The number of nitrogens with zero attached hydrogens (tertiary/aromatic N) is 1. The van der Waals surface area contributed by atoms with Crippen molar-refractivity contribution in [1.29, 1.82) is 0 Å². The van der Waals surface area contributed by atoms with Crippen LogP contribution in [-0.4, -0.2) is 31.1 Å². The second-order valence-corrected chi connectivity index (χ2v) is 5.88. The molecular weight excluding hydrogens is 228 g/mol. The molecule has 17 heavy (non-hydrogen) atoms. The molecule has 0 aliphatic carbocycles. The molecule has 0 aromatic carbocycles. The van der Waals surface area contributed by atoms with Crippen molar-refractivity contribution in [2.45, 2.75) is 40.2 Å². The normalized spacial score (nSPS) is 13.2. The smallest absolute Gasteiger partial charge is 0.0386 e. The summed E-state index contributed by atoms with van der Waals surface area (Å²) in [4.78, 5) is 5.34. The lowest BCUT2D eigenvalue weighted by molar-refractivity contribution is 0.284.